The topological polar surface area (TPSA) is 97.1 Å². The summed E-state index contributed by atoms with van der Waals surface area (Å²) >= 11 is 0. The molecule has 0 saturated carbocycles. The SMILES string of the molecule is Cc1cccc(-c2cc(C(=O)[C@@H](Cc3ccccc3)C(=O)N3C(=O)OC[C@@H]3C(C)C)oc2CCCCCCCCCCO)c1. The number of aryl methyl sites for hydroxylation is 2. The van der Waals surface area contributed by atoms with Crippen molar-refractivity contribution >= 4 is 17.8 Å². The van der Waals surface area contributed by atoms with Crippen LogP contribution in [0.3, 0.4) is 0 Å². The fourth-order valence-corrected chi connectivity index (χ4v) is 5.91. The molecule has 0 bridgehead atoms. The van der Waals surface area contributed by atoms with Crippen LogP contribution in [0.2, 0.25) is 0 Å². The van der Waals surface area contributed by atoms with E-state index in [9.17, 15) is 14.4 Å². The number of cyclic esters (lactones) is 1. The number of carbonyl (C=O) groups is 3. The third-order valence-corrected chi connectivity index (χ3v) is 8.50. The van der Waals surface area contributed by atoms with Crippen LogP contribution in [0.5, 0.6) is 0 Å². The van der Waals surface area contributed by atoms with Crippen molar-refractivity contribution in [3.05, 3.63) is 83.3 Å². The van der Waals surface area contributed by atoms with E-state index in [-0.39, 0.29) is 31.3 Å². The Bertz CT molecular complexity index is 1380. The number of hydrogen-bond acceptors (Lipinski definition) is 6. The second kappa shape index (κ2) is 16.4. The van der Waals surface area contributed by atoms with Gasteiger partial charge in [0.25, 0.3) is 0 Å². The highest BCUT2D eigenvalue weighted by Gasteiger charge is 2.44. The van der Waals surface area contributed by atoms with E-state index < -0.39 is 29.7 Å². The minimum absolute atomic E-state index is 0.0124. The van der Waals surface area contributed by atoms with Crippen LogP contribution in [0, 0.1) is 18.8 Å². The van der Waals surface area contributed by atoms with Crippen LogP contribution in [0.4, 0.5) is 4.79 Å². The molecule has 236 valence electrons. The molecule has 1 N–H and O–H groups in total. The zero-order valence-corrected chi connectivity index (χ0v) is 26.4. The van der Waals surface area contributed by atoms with Crippen molar-refractivity contribution in [2.45, 2.75) is 91.0 Å². The van der Waals surface area contributed by atoms with Crippen LogP contribution in [-0.2, 0) is 22.4 Å². The lowest BCUT2D eigenvalue weighted by Crippen LogP contribution is -2.47. The van der Waals surface area contributed by atoms with E-state index in [1.807, 2.05) is 69.3 Å². The summed E-state index contributed by atoms with van der Waals surface area (Å²) in [7, 11) is 0. The van der Waals surface area contributed by atoms with E-state index in [4.69, 9.17) is 14.3 Å². The fraction of sp³-hybridized carbons (Fsp3) is 0.486. The summed E-state index contributed by atoms with van der Waals surface area (Å²) in [5, 5.41) is 8.95. The van der Waals surface area contributed by atoms with Gasteiger partial charge in [-0.05, 0) is 49.3 Å². The number of ketones is 1. The normalized spacial score (nSPS) is 15.5. The van der Waals surface area contributed by atoms with Gasteiger partial charge in [-0.3, -0.25) is 9.59 Å². The van der Waals surface area contributed by atoms with Crippen molar-refractivity contribution in [1.82, 2.24) is 4.90 Å². The van der Waals surface area contributed by atoms with Gasteiger partial charge in [-0.2, -0.15) is 0 Å². The predicted molar refractivity (Wildman–Crippen MR) is 171 cm³/mol. The first-order chi connectivity index (χ1) is 21.3. The number of carbonyl (C=O) groups excluding carboxylic acids is 3. The molecule has 0 unspecified atom stereocenters. The monoisotopic (exact) mass is 601 g/mol. The average molecular weight is 602 g/mol. The second-order valence-corrected chi connectivity index (χ2v) is 12.3. The average Bonchev–Trinajstić information content (AvgIpc) is 3.63. The third kappa shape index (κ3) is 8.69. The van der Waals surface area contributed by atoms with Crippen molar-refractivity contribution in [3.63, 3.8) is 0 Å². The van der Waals surface area contributed by atoms with Gasteiger partial charge in [0.15, 0.2) is 5.76 Å². The molecule has 44 heavy (non-hydrogen) atoms. The van der Waals surface area contributed by atoms with E-state index in [0.717, 1.165) is 77.9 Å². The Morgan fingerprint density at radius 2 is 1.59 bits per heavy atom. The molecule has 7 heteroatoms. The molecule has 2 heterocycles. The van der Waals surface area contributed by atoms with Gasteiger partial charge >= 0.3 is 6.09 Å². The molecule has 0 aliphatic carbocycles. The number of Topliss-reactive ketones (excluding diaryl/α,β-unsaturated/α-hetero) is 1. The Morgan fingerprint density at radius 3 is 2.25 bits per heavy atom. The highest BCUT2D eigenvalue weighted by atomic mass is 16.6. The molecule has 1 aliphatic heterocycles. The summed E-state index contributed by atoms with van der Waals surface area (Å²) in [5.41, 5.74) is 3.77. The van der Waals surface area contributed by atoms with E-state index in [2.05, 4.69) is 6.07 Å². The number of furan rings is 1. The highest BCUT2D eigenvalue weighted by Crippen LogP contribution is 2.32. The molecule has 1 saturated heterocycles. The Hall–Kier alpha value is -3.71. The van der Waals surface area contributed by atoms with E-state index >= 15 is 0 Å². The van der Waals surface area contributed by atoms with Crippen molar-refractivity contribution < 1.29 is 28.6 Å². The lowest BCUT2D eigenvalue weighted by molar-refractivity contribution is -0.132. The minimum atomic E-state index is -1.13. The van der Waals surface area contributed by atoms with Gasteiger partial charge in [0.1, 0.15) is 18.3 Å². The highest BCUT2D eigenvalue weighted by molar-refractivity contribution is 6.12. The van der Waals surface area contributed by atoms with E-state index in [1.165, 1.54) is 6.42 Å². The van der Waals surface area contributed by atoms with Crippen LogP contribution in [-0.4, -0.2) is 47.0 Å². The molecule has 7 nitrogen and oxygen atoms in total. The number of hydrogen-bond donors (Lipinski definition) is 1. The maximum absolute atomic E-state index is 14.2. The molecular formula is C37H47NO6. The molecule has 1 aromatic heterocycles. The lowest BCUT2D eigenvalue weighted by atomic mass is 9.91. The van der Waals surface area contributed by atoms with Gasteiger partial charge in [0.05, 0.1) is 6.04 Å². The first kappa shape index (κ1) is 33.2. The molecule has 3 aromatic rings. The van der Waals surface area contributed by atoms with Crippen molar-refractivity contribution in [2.24, 2.45) is 11.8 Å². The van der Waals surface area contributed by atoms with Gasteiger partial charge in [0.2, 0.25) is 11.7 Å². The van der Waals surface area contributed by atoms with Gasteiger partial charge < -0.3 is 14.3 Å². The second-order valence-electron chi connectivity index (χ2n) is 12.3. The first-order valence-electron chi connectivity index (χ1n) is 16.2. The van der Waals surface area contributed by atoms with E-state index in [0.29, 0.717) is 6.42 Å². The Morgan fingerprint density at radius 1 is 0.909 bits per heavy atom. The van der Waals surface area contributed by atoms with E-state index in [1.54, 1.807) is 6.07 Å². The quantitative estimate of drug-likeness (QED) is 0.0958. The smallest absolute Gasteiger partial charge is 0.417 e. The number of amides is 2. The molecule has 0 spiro atoms. The summed E-state index contributed by atoms with van der Waals surface area (Å²) in [4.78, 5) is 42.1. The van der Waals surface area contributed by atoms with Gasteiger partial charge in [0, 0.05) is 18.6 Å². The number of benzene rings is 2. The lowest BCUT2D eigenvalue weighted by Gasteiger charge is -2.26. The zero-order chi connectivity index (χ0) is 31.5. The number of unbranched alkanes of at least 4 members (excludes halogenated alkanes) is 7. The van der Waals surface area contributed by atoms with Crippen LogP contribution in [0.25, 0.3) is 11.1 Å². The molecule has 4 rings (SSSR count). The maximum Gasteiger partial charge on any atom is 0.417 e. The summed E-state index contributed by atoms with van der Waals surface area (Å²) in [6.45, 7) is 6.29. The summed E-state index contributed by atoms with van der Waals surface area (Å²) in [5.74, 6) is -1.23. The maximum atomic E-state index is 14.2. The summed E-state index contributed by atoms with van der Waals surface area (Å²) in [6.07, 6.45) is 8.69. The Balaban J connectivity index is 1.58. The number of ether oxygens (including phenoxy) is 1. The molecule has 2 atom stereocenters. The predicted octanol–water partition coefficient (Wildman–Crippen LogP) is 7.96. The van der Waals surface area contributed by atoms with Crippen molar-refractivity contribution in [1.29, 1.82) is 0 Å². The summed E-state index contributed by atoms with van der Waals surface area (Å²) in [6, 6.07) is 18.9. The molecule has 0 radical (unpaired) electrons. The number of rotatable bonds is 17. The van der Waals surface area contributed by atoms with Crippen molar-refractivity contribution in [3.8, 4) is 11.1 Å². The first-order valence-corrected chi connectivity index (χ1v) is 16.2. The van der Waals surface area contributed by atoms with Gasteiger partial charge in [-0.15, -0.1) is 0 Å². The van der Waals surface area contributed by atoms with Crippen LogP contribution in [0.1, 0.15) is 92.7 Å². The number of nitrogens with zero attached hydrogens (tertiary/aromatic N) is 1. The Kier molecular flexibility index (Phi) is 12.4. The third-order valence-electron chi connectivity index (χ3n) is 8.50. The van der Waals surface area contributed by atoms with Crippen LogP contribution in [0.15, 0.2) is 65.1 Å². The van der Waals surface area contributed by atoms with Crippen LogP contribution < -0.4 is 0 Å². The van der Waals surface area contributed by atoms with Gasteiger partial charge in [-0.25, -0.2) is 9.69 Å². The zero-order valence-electron chi connectivity index (χ0n) is 26.4. The molecule has 1 fully saturated rings. The van der Waals surface area contributed by atoms with Crippen molar-refractivity contribution in [2.75, 3.05) is 13.2 Å². The standard InChI is InChI=1S/C37H47NO6/c1-26(2)32-25-43-37(42)38(32)36(41)31(23-28-17-11-10-12-18-28)35(40)34-24-30(29-19-15-16-27(3)22-29)33(44-34)20-13-8-6-4-5-7-9-14-21-39/h10-12,15-19,22,24,26,31-32,39H,4-9,13-14,20-21,23,25H2,1-3H3/t31-,32-/m1/s1. The number of imide groups is 1. The van der Waals surface area contributed by atoms with Crippen LogP contribution >= 0.6 is 0 Å². The molecule has 2 amide bonds. The Labute approximate surface area is 261 Å². The largest absolute Gasteiger partial charge is 0.457 e. The minimum Gasteiger partial charge on any atom is -0.457 e. The number of aliphatic hydroxyl groups is 1. The van der Waals surface area contributed by atoms with Gasteiger partial charge in [-0.1, -0.05) is 113 Å². The fourth-order valence-electron chi connectivity index (χ4n) is 5.91. The number of aliphatic hydroxyl groups excluding tert-OH is 1. The molecule has 1 aliphatic rings. The molecule has 2 aromatic carbocycles. The molecular weight excluding hydrogens is 554 g/mol. The summed E-state index contributed by atoms with van der Waals surface area (Å²) < 4.78 is 11.6.